The van der Waals surface area contributed by atoms with E-state index in [9.17, 15) is 4.79 Å². The van der Waals surface area contributed by atoms with Crippen LogP contribution in [0.4, 0.5) is 16.0 Å². The molecule has 0 aliphatic carbocycles. The van der Waals surface area contributed by atoms with Crippen LogP contribution in [0.15, 0.2) is 54.9 Å². The van der Waals surface area contributed by atoms with Crippen LogP contribution in [-0.2, 0) is 4.79 Å². The number of ether oxygens (including phenoxy) is 2. The Kier molecular flexibility index (Phi) is 8.03. The Hall–Kier alpha value is -5.08. The molecule has 1 aliphatic rings. The van der Waals surface area contributed by atoms with E-state index in [2.05, 4.69) is 37.5 Å². The highest BCUT2D eigenvalue weighted by atomic mass is 19.1. The van der Waals surface area contributed by atoms with Gasteiger partial charge in [-0.05, 0) is 68.8 Å². The van der Waals surface area contributed by atoms with Crippen molar-refractivity contribution >= 4 is 17.5 Å². The summed E-state index contributed by atoms with van der Waals surface area (Å²) < 4.78 is 26.5. The Morgan fingerprint density at radius 3 is 2.68 bits per heavy atom. The number of likely N-dealkylation sites (N-methyl/N-ethyl adjacent to an activating group) is 1. The summed E-state index contributed by atoms with van der Waals surface area (Å²) in [6, 6.07) is 11.6. The summed E-state index contributed by atoms with van der Waals surface area (Å²) in [6.45, 7) is 3.64. The van der Waals surface area contributed by atoms with Gasteiger partial charge in [-0.3, -0.25) is 4.79 Å². The minimum Gasteiger partial charge on any atom is -0.496 e. The first-order chi connectivity index (χ1) is 19.8. The van der Waals surface area contributed by atoms with E-state index in [0.717, 1.165) is 19.5 Å². The average Bonchev–Trinajstić information content (AvgIpc) is 3.38. The van der Waals surface area contributed by atoms with Crippen molar-refractivity contribution in [2.75, 3.05) is 37.9 Å². The molecule has 0 spiro atoms. The molecule has 3 heterocycles. The van der Waals surface area contributed by atoms with Crippen molar-refractivity contribution in [1.29, 1.82) is 0 Å². The fourth-order valence-corrected chi connectivity index (χ4v) is 4.56. The summed E-state index contributed by atoms with van der Waals surface area (Å²) in [7, 11) is 3.58. The van der Waals surface area contributed by atoms with Crippen LogP contribution in [0.5, 0.6) is 17.5 Å². The number of anilines is 2. The third kappa shape index (κ3) is 6.40. The van der Waals surface area contributed by atoms with Gasteiger partial charge >= 0.3 is 6.01 Å². The lowest BCUT2D eigenvalue weighted by molar-refractivity contribution is -0.111. The second-order valence-electron chi connectivity index (χ2n) is 9.59. The number of amides is 1. The Balaban J connectivity index is 1.54. The van der Waals surface area contributed by atoms with Gasteiger partial charge in [-0.2, -0.15) is 0 Å². The van der Waals surface area contributed by atoms with Crippen molar-refractivity contribution in [3.63, 3.8) is 0 Å². The highest BCUT2D eigenvalue weighted by Gasteiger charge is 2.22. The Morgan fingerprint density at radius 2 is 1.98 bits per heavy atom. The van der Waals surface area contributed by atoms with Crippen LogP contribution in [-0.4, -0.2) is 64.0 Å². The van der Waals surface area contributed by atoms with E-state index in [1.165, 1.54) is 19.2 Å². The fourth-order valence-electron chi connectivity index (χ4n) is 4.56. The van der Waals surface area contributed by atoms with Gasteiger partial charge in [-0.15, -0.1) is 6.42 Å². The topological polar surface area (TPSA) is 114 Å². The Labute approximate surface area is 237 Å². The third-order valence-corrected chi connectivity index (χ3v) is 6.58. The van der Waals surface area contributed by atoms with Gasteiger partial charge in [-0.1, -0.05) is 6.07 Å². The maximum Gasteiger partial charge on any atom is 0.322 e. The smallest absolute Gasteiger partial charge is 0.322 e. The number of methoxy groups -OCH3 is 1. The van der Waals surface area contributed by atoms with E-state index in [0.29, 0.717) is 45.5 Å². The van der Waals surface area contributed by atoms with Gasteiger partial charge in [0.2, 0.25) is 5.95 Å². The van der Waals surface area contributed by atoms with Gasteiger partial charge < -0.3 is 25.0 Å². The monoisotopic (exact) mass is 553 g/mol. The van der Waals surface area contributed by atoms with Crippen molar-refractivity contribution in [3.05, 3.63) is 66.4 Å². The largest absolute Gasteiger partial charge is 0.496 e. The van der Waals surface area contributed by atoms with Crippen molar-refractivity contribution in [1.82, 2.24) is 24.8 Å². The first-order valence-corrected chi connectivity index (χ1v) is 12.9. The van der Waals surface area contributed by atoms with Gasteiger partial charge in [0.25, 0.3) is 5.91 Å². The molecule has 2 N–H and O–H groups in total. The molecule has 0 bridgehead atoms. The molecule has 2 aromatic heterocycles. The fraction of sp³-hybridized carbons (Fsp3) is 0.233. The Bertz CT molecular complexity index is 1640. The minimum absolute atomic E-state index is 0.0170. The van der Waals surface area contributed by atoms with E-state index >= 15 is 4.39 Å². The van der Waals surface area contributed by atoms with E-state index in [4.69, 9.17) is 20.9 Å². The summed E-state index contributed by atoms with van der Waals surface area (Å²) >= 11 is 0. The predicted octanol–water partition coefficient (Wildman–Crippen LogP) is 4.54. The molecule has 10 nitrogen and oxygen atoms in total. The van der Waals surface area contributed by atoms with Crippen molar-refractivity contribution in [2.24, 2.45) is 0 Å². The summed E-state index contributed by atoms with van der Waals surface area (Å²) in [5.74, 6) is 1.70. The molecule has 1 fully saturated rings. The van der Waals surface area contributed by atoms with Crippen LogP contribution in [0.3, 0.4) is 0 Å². The highest BCUT2D eigenvalue weighted by Crippen LogP contribution is 2.39. The number of hydrogen-bond acceptors (Lipinski definition) is 9. The van der Waals surface area contributed by atoms with E-state index in [1.807, 2.05) is 5.92 Å². The zero-order valence-corrected chi connectivity index (χ0v) is 22.8. The van der Waals surface area contributed by atoms with Crippen LogP contribution in [0, 0.1) is 25.1 Å². The molecule has 4 aromatic rings. The van der Waals surface area contributed by atoms with Gasteiger partial charge in [0.05, 0.1) is 12.8 Å². The lowest BCUT2D eigenvalue weighted by Crippen LogP contribution is -2.24. The summed E-state index contributed by atoms with van der Waals surface area (Å²) in [5.41, 5.74) is 3.37. The Morgan fingerprint density at radius 1 is 1.12 bits per heavy atom. The number of terminal acetylenes is 1. The molecule has 2 aromatic carbocycles. The van der Waals surface area contributed by atoms with Crippen molar-refractivity contribution in [2.45, 2.75) is 19.4 Å². The quantitative estimate of drug-likeness (QED) is 0.304. The molecule has 1 atom stereocenters. The molecule has 5 rings (SSSR count). The third-order valence-electron chi connectivity index (χ3n) is 6.58. The van der Waals surface area contributed by atoms with Crippen LogP contribution in [0.1, 0.15) is 12.1 Å². The maximum atomic E-state index is 15.3. The van der Waals surface area contributed by atoms with Gasteiger partial charge in [0.1, 0.15) is 5.75 Å². The average molecular weight is 554 g/mol. The minimum atomic E-state index is -0.603. The molecule has 1 amide bonds. The SMILES string of the molecule is C#CC(=O)Nc1ccc(-c2nc(NC3CCN(C)C3)ncc2-c2ccc(Oc3nccc(C)n3)c(F)c2)c(OC)c1. The zero-order chi connectivity index (χ0) is 28.9. The molecular weight excluding hydrogens is 525 g/mol. The number of nitrogens with one attached hydrogen (secondary N) is 2. The molecular formula is C30H28FN7O3. The van der Waals surface area contributed by atoms with Crippen LogP contribution in [0.2, 0.25) is 0 Å². The number of likely N-dealkylation sites (tertiary alicyclic amines) is 1. The second-order valence-corrected chi connectivity index (χ2v) is 9.59. The normalized spacial score (nSPS) is 14.8. The number of halogens is 1. The molecule has 1 saturated heterocycles. The van der Waals surface area contributed by atoms with Crippen LogP contribution >= 0.6 is 0 Å². The van der Waals surface area contributed by atoms with Gasteiger partial charge in [0, 0.05) is 53.6 Å². The number of nitrogens with zero attached hydrogens (tertiary/aromatic N) is 5. The molecule has 11 heteroatoms. The lowest BCUT2D eigenvalue weighted by atomic mass is 9.99. The van der Waals surface area contributed by atoms with E-state index in [1.54, 1.807) is 49.6 Å². The predicted molar refractivity (Wildman–Crippen MR) is 153 cm³/mol. The highest BCUT2D eigenvalue weighted by molar-refractivity contribution is 6.03. The van der Waals surface area contributed by atoms with Crippen molar-refractivity contribution < 1.29 is 18.7 Å². The molecule has 1 aliphatic heterocycles. The van der Waals surface area contributed by atoms with E-state index < -0.39 is 11.7 Å². The molecule has 41 heavy (non-hydrogen) atoms. The summed E-state index contributed by atoms with van der Waals surface area (Å²) in [4.78, 5) is 31.5. The van der Waals surface area contributed by atoms with Gasteiger partial charge in [-0.25, -0.2) is 24.3 Å². The molecule has 0 saturated carbocycles. The molecule has 208 valence electrons. The number of aromatic nitrogens is 4. The summed E-state index contributed by atoms with van der Waals surface area (Å²) in [6.07, 6.45) is 9.35. The standard InChI is InChI=1S/C30H28FN7O3/c1-5-27(39)35-20-7-8-22(26(15-20)40-4)28-23(16-33-29(37-28)36-21-11-13-38(3)17-21)19-6-9-25(24(31)14-19)41-30-32-12-10-18(2)34-30/h1,6-10,12,14-16,21H,11,13,17H2,2-4H3,(H,35,39)(H,33,36,37). The number of rotatable bonds is 8. The second kappa shape index (κ2) is 12.0. The number of carbonyl (C=O) groups excluding carboxylic acids is 1. The number of carbonyl (C=O) groups is 1. The summed E-state index contributed by atoms with van der Waals surface area (Å²) in [5, 5.41) is 6.02. The first kappa shape index (κ1) is 27.5. The maximum absolute atomic E-state index is 15.3. The number of hydrogen-bond donors (Lipinski definition) is 2. The molecule has 1 unspecified atom stereocenters. The molecule has 0 radical (unpaired) electrons. The number of benzene rings is 2. The first-order valence-electron chi connectivity index (χ1n) is 12.9. The van der Waals surface area contributed by atoms with Gasteiger partial charge in [0.15, 0.2) is 11.6 Å². The lowest BCUT2D eigenvalue weighted by Gasteiger charge is -2.17. The zero-order valence-electron chi connectivity index (χ0n) is 22.8. The van der Waals surface area contributed by atoms with Crippen molar-refractivity contribution in [3.8, 4) is 52.2 Å². The van der Waals surface area contributed by atoms with E-state index in [-0.39, 0.29) is 17.8 Å². The van der Waals surface area contributed by atoms with Crippen LogP contribution in [0.25, 0.3) is 22.4 Å². The number of aryl methyl sites for hydroxylation is 1. The van der Waals surface area contributed by atoms with Crippen LogP contribution < -0.4 is 20.1 Å².